The lowest BCUT2D eigenvalue weighted by Crippen LogP contribution is -2.22. The van der Waals surface area contributed by atoms with E-state index in [0.29, 0.717) is 29.3 Å². The highest BCUT2D eigenvalue weighted by Gasteiger charge is 2.10. The predicted octanol–water partition coefficient (Wildman–Crippen LogP) is 4.61. The van der Waals surface area contributed by atoms with Crippen molar-refractivity contribution in [3.05, 3.63) is 78.1 Å². The minimum Gasteiger partial charge on any atom is -0.491 e. The third-order valence-electron chi connectivity index (χ3n) is 4.31. The van der Waals surface area contributed by atoms with E-state index in [-0.39, 0.29) is 12.0 Å². The Morgan fingerprint density at radius 3 is 2.72 bits per heavy atom. The van der Waals surface area contributed by atoms with Crippen molar-refractivity contribution in [2.24, 2.45) is 0 Å². The van der Waals surface area contributed by atoms with Gasteiger partial charge < -0.3 is 14.5 Å². The molecule has 29 heavy (non-hydrogen) atoms. The Morgan fingerprint density at radius 2 is 1.97 bits per heavy atom. The number of amides is 1. The number of carbonyl (C=O) groups is 1. The first-order chi connectivity index (χ1) is 14.1. The summed E-state index contributed by atoms with van der Waals surface area (Å²) in [5.41, 5.74) is 3.85. The second-order valence-corrected chi connectivity index (χ2v) is 6.94. The van der Waals surface area contributed by atoms with Crippen LogP contribution in [0.1, 0.15) is 29.8 Å². The summed E-state index contributed by atoms with van der Waals surface area (Å²) in [7, 11) is 0. The lowest BCUT2D eigenvalue weighted by Gasteiger charge is -2.11. The summed E-state index contributed by atoms with van der Waals surface area (Å²) in [5.74, 6) is 1.09. The molecule has 1 amide bonds. The zero-order valence-corrected chi connectivity index (χ0v) is 16.3. The van der Waals surface area contributed by atoms with Crippen molar-refractivity contribution in [1.82, 2.24) is 15.3 Å². The standard InChI is InChI=1S/C23H21N3O3/c1-15(2)28-19-5-3-4-18(12-19)22(27)25-13-16-6-8-17(9-7-16)23-26-20-14-24-11-10-21(20)29-23/h3-12,14-15H,13H2,1-2H3,(H,25,27). The van der Waals surface area contributed by atoms with Crippen molar-refractivity contribution in [2.45, 2.75) is 26.5 Å². The van der Waals surface area contributed by atoms with Crippen LogP contribution in [-0.4, -0.2) is 22.0 Å². The number of carbonyl (C=O) groups excluding carboxylic acids is 1. The number of aromatic nitrogens is 2. The number of rotatable bonds is 6. The van der Waals surface area contributed by atoms with Gasteiger partial charge in [0.1, 0.15) is 11.3 Å². The van der Waals surface area contributed by atoms with E-state index in [2.05, 4.69) is 15.3 Å². The number of hydrogen-bond acceptors (Lipinski definition) is 5. The van der Waals surface area contributed by atoms with Crippen LogP contribution in [-0.2, 0) is 6.54 Å². The molecule has 0 atom stereocenters. The summed E-state index contributed by atoms with van der Waals surface area (Å²) in [6.07, 6.45) is 3.41. The maximum Gasteiger partial charge on any atom is 0.251 e. The van der Waals surface area contributed by atoms with Gasteiger partial charge >= 0.3 is 0 Å². The molecule has 0 saturated heterocycles. The van der Waals surface area contributed by atoms with Gasteiger partial charge in [-0.3, -0.25) is 9.78 Å². The van der Waals surface area contributed by atoms with Crippen molar-refractivity contribution in [3.8, 4) is 17.2 Å². The van der Waals surface area contributed by atoms with Gasteiger partial charge in [-0.05, 0) is 49.7 Å². The van der Waals surface area contributed by atoms with E-state index in [1.807, 2.05) is 50.2 Å². The average molecular weight is 387 g/mol. The molecule has 0 aliphatic heterocycles. The Hall–Kier alpha value is -3.67. The zero-order valence-electron chi connectivity index (χ0n) is 16.3. The highest BCUT2D eigenvalue weighted by Crippen LogP contribution is 2.23. The van der Waals surface area contributed by atoms with Crippen LogP contribution >= 0.6 is 0 Å². The molecule has 0 bridgehead atoms. The number of ether oxygens (including phenoxy) is 1. The van der Waals surface area contributed by atoms with Gasteiger partial charge in [0, 0.05) is 29.9 Å². The molecule has 6 nitrogen and oxygen atoms in total. The Kier molecular flexibility index (Phi) is 5.24. The molecule has 0 spiro atoms. The van der Waals surface area contributed by atoms with Gasteiger partial charge in [0.15, 0.2) is 5.58 Å². The molecule has 0 aliphatic rings. The lowest BCUT2D eigenvalue weighted by molar-refractivity contribution is 0.0950. The summed E-state index contributed by atoms with van der Waals surface area (Å²) >= 11 is 0. The molecule has 4 aromatic rings. The second kappa shape index (κ2) is 8.14. The Balaban J connectivity index is 1.41. The average Bonchev–Trinajstić information content (AvgIpc) is 3.16. The van der Waals surface area contributed by atoms with E-state index in [1.165, 1.54) is 0 Å². The maximum absolute atomic E-state index is 12.4. The molecular weight excluding hydrogens is 366 g/mol. The van der Waals surface area contributed by atoms with E-state index in [1.54, 1.807) is 30.6 Å². The fourth-order valence-electron chi connectivity index (χ4n) is 2.94. The number of nitrogens with zero attached hydrogens (tertiary/aromatic N) is 2. The minimum atomic E-state index is -0.144. The molecule has 146 valence electrons. The van der Waals surface area contributed by atoms with Crippen LogP contribution < -0.4 is 10.1 Å². The lowest BCUT2D eigenvalue weighted by atomic mass is 10.1. The van der Waals surface area contributed by atoms with Gasteiger partial charge in [0.05, 0.1) is 12.3 Å². The minimum absolute atomic E-state index is 0.0596. The first-order valence-corrected chi connectivity index (χ1v) is 9.43. The highest BCUT2D eigenvalue weighted by molar-refractivity contribution is 5.94. The highest BCUT2D eigenvalue weighted by atomic mass is 16.5. The third kappa shape index (κ3) is 4.43. The van der Waals surface area contributed by atoms with Crippen molar-refractivity contribution >= 4 is 17.0 Å². The molecule has 2 heterocycles. The van der Waals surface area contributed by atoms with E-state index >= 15 is 0 Å². The van der Waals surface area contributed by atoms with Gasteiger partial charge in [-0.25, -0.2) is 4.98 Å². The van der Waals surface area contributed by atoms with Crippen molar-refractivity contribution in [3.63, 3.8) is 0 Å². The first-order valence-electron chi connectivity index (χ1n) is 9.43. The smallest absolute Gasteiger partial charge is 0.251 e. The number of hydrogen-bond donors (Lipinski definition) is 1. The van der Waals surface area contributed by atoms with Crippen LogP contribution in [0.25, 0.3) is 22.6 Å². The zero-order chi connectivity index (χ0) is 20.2. The van der Waals surface area contributed by atoms with E-state index in [9.17, 15) is 4.79 Å². The van der Waals surface area contributed by atoms with Crippen molar-refractivity contribution in [2.75, 3.05) is 0 Å². The van der Waals surface area contributed by atoms with E-state index in [0.717, 1.165) is 16.6 Å². The molecule has 2 aromatic carbocycles. The fraction of sp³-hybridized carbons (Fsp3) is 0.174. The molecule has 0 aliphatic carbocycles. The number of nitrogens with one attached hydrogen (secondary N) is 1. The van der Waals surface area contributed by atoms with Crippen LogP contribution in [0.3, 0.4) is 0 Å². The van der Waals surface area contributed by atoms with Gasteiger partial charge in [-0.2, -0.15) is 0 Å². The Bertz CT molecular complexity index is 1100. The van der Waals surface area contributed by atoms with Crippen LogP contribution in [0.15, 0.2) is 71.4 Å². The molecule has 0 fully saturated rings. The summed E-state index contributed by atoms with van der Waals surface area (Å²) in [4.78, 5) is 20.9. The molecular formula is C23H21N3O3. The van der Waals surface area contributed by atoms with E-state index < -0.39 is 0 Å². The first kappa shape index (κ1) is 18.7. The monoisotopic (exact) mass is 387 g/mol. The topological polar surface area (TPSA) is 77.2 Å². The number of oxazole rings is 1. The molecule has 0 radical (unpaired) electrons. The number of benzene rings is 2. The van der Waals surface area contributed by atoms with Gasteiger partial charge in [0.25, 0.3) is 5.91 Å². The molecule has 0 saturated carbocycles. The number of pyridine rings is 1. The van der Waals surface area contributed by atoms with Crippen LogP contribution in [0.4, 0.5) is 0 Å². The van der Waals surface area contributed by atoms with Crippen LogP contribution in [0.5, 0.6) is 5.75 Å². The molecule has 0 unspecified atom stereocenters. The largest absolute Gasteiger partial charge is 0.491 e. The molecule has 2 aromatic heterocycles. The van der Waals surface area contributed by atoms with Crippen LogP contribution in [0, 0.1) is 0 Å². The third-order valence-corrected chi connectivity index (χ3v) is 4.31. The summed E-state index contributed by atoms with van der Waals surface area (Å²) in [5, 5.41) is 2.93. The summed E-state index contributed by atoms with van der Waals surface area (Å²) in [6, 6.07) is 16.7. The SMILES string of the molecule is CC(C)Oc1cccc(C(=O)NCc2ccc(-c3nc4cnccc4o3)cc2)c1. The molecule has 4 rings (SSSR count). The van der Waals surface area contributed by atoms with Gasteiger partial charge in [0.2, 0.25) is 5.89 Å². The number of fused-ring (bicyclic) bond motifs is 1. The molecule has 1 N–H and O–H groups in total. The van der Waals surface area contributed by atoms with Gasteiger partial charge in [-0.1, -0.05) is 18.2 Å². The normalized spacial score (nSPS) is 11.0. The van der Waals surface area contributed by atoms with Crippen molar-refractivity contribution in [1.29, 1.82) is 0 Å². The predicted molar refractivity (Wildman–Crippen MR) is 111 cm³/mol. The Morgan fingerprint density at radius 1 is 1.14 bits per heavy atom. The van der Waals surface area contributed by atoms with E-state index in [4.69, 9.17) is 9.15 Å². The summed E-state index contributed by atoms with van der Waals surface area (Å²) < 4.78 is 11.4. The molecule has 6 heteroatoms. The quantitative estimate of drug-likeness (QED) is 0.523. The fourth-order valence-corrected chi connectivity index (χ4v) is 2.94. The second-order valence-electron chi connectivity index (χ2n) is 6.94. The van der Waals surface area contributed by atoms with Gasteiger partial charge in [-0.15, -0.1) is 0 Å². The summed E-state index contributed by atoms with van der Waals surface area (Å²) in [6.45, 7) is 4.33. The van der Waals surface area contributed by atoms with Crippen molar-refractivity contribution < 1.29 is 13.9 Å². The maximum atomic E-state index is 12.4. The Labute approximate surface area is 168 Å². The van der Waals surface area contributed by atoms with Crippen LogP contribution in [0.2, 0.25) is 0 Å².